The van der Waals surface area contributed by atoms with Gasteiger partial charge in [0.25, 0.3) is 0 Å². The average Bonchev–Trinajstić information content (AvgIpc) is 2.58. The summed E-state index contributed by atoms with van der Waals surface area (Å²) in [5.41, 5.74) is 3.69. The van der Waals surface area contributed by atoms with Crippen LogP contribution >= 0.6 is 0 Å². The molecule has 0 saturated carbocycles. The maximum Gasteiger partial charge on any atom is 0.229 e. The van der Waals surface area contributed by atoms with Crippen molar-refractivity contribution in [3.8, 4) is 16.9 Å². The van der Waals surface area contributed by atoms with E-state index in [0.29, 0.717) is 5.62 Å². The standard InChI is InChI=1S/C18H17N3O/c1-21-13-15(14-8-10-17(22-2)11-9-14)12-19-18(21)20-16-6-4-3-5-7-16/h3-13H,1-2H3/b20-18-. The second-order valence-electron chi connectivity index (χ2n) is 4.93. The Labute approximate surface area is 129 Å². The number of aromatic nitrogens is 2. The van der Waals surface area contributed by atoms with Gasteiger partial charge >= 0.3 is 0 Å². The molecule has 3 rings (SSSR count). The Kier molecular flexibility index (Phi) is 4.01. The van der Waals surface area contributed by atoms with E-state index in [1.807, 2.05) is 78.6 Å². The van der Waals surface area contributed by atoms with Crippen molar-refractivity contribution in [2.75, 3.05) is 7.11 Å². The molecule has 0 saturated heterocycles. The van der Waals surface area contributed by atoms with Crippen molar-refractivity contribution in [1.82, 2.24) is 9.55 Å². The lowest BCUT2D eigenvalue weighted by atomic mass is 10.1. The maximum absolute atomic E-state index is 5.18. The predicted molar refractivity (Wildman–Crippen MR) is 86.9 cm³/mol. The largest absolute Gasteiger partial charge is 0.497 e. The van der Waals surface area contributed by atoms with Crippen LogP contribution in [0.1, 0.15) is 0 Å². The zero-order valence-corrected chi connectivity index (χ0v) is 12.6. The fourth-order valence-corrected chi connectivity index (χ4v) is 2.18. The van der Waals surface area contributed by atoms with E-state index < -0.39 is 0 Å². The van der Waals surface area contributed by atoms with Gasteiger partial charge in [0.1, 0.15) is 5.75 Å². The van der Waals surface area contributed by atoms with Crippen LogP contribution in [0.25, 0.3) is 11.1 Å². The maximum atomic E-state index is 5.18. The van der Waals surface area contributed by atoms with Gasteiger partial charge in [-0.3, -0.25) is 0 Å². The molecule has 0 bridgehead atoms. The normalized spacial score (nSPS) is 11.5. The lowest BCUT2D eigenvalue weighted by Crippen LogP contribution is -2.20. The lowest BCUT2D eigenvalue weighted by Gasteiger charge is -2.06. The Bertz CT molecular complexity index is 821. The Morgan fingerprint density at radius 1 is 0.955 bits per heavy atom. The summed E-state index contributed by atoms with van der Waals surface area (Å²) in [5, 5.41) is 0. The van der Waals surface area contributed by atoms with Gasteiger partial charge in [0.15, 0.2) is 0 Å². The van der Waals surface area contributed by atoms with Crippen LogP contribution in [0.3, 0.4) is 0 Å². The molecule has 4 nitrogen and oxygen atoms in total. The number of aryl methyl sites for hydroxylation is 1. The van der Waals surface area contributed by atoms with Gasteiger partial charge in [-0.25, -0.2) is 9.98 Å². The summed E-state index contributed by atoms with van der Waals surface area (Å²) in [5.74, 6) is 0.844. The molecule has 0 radical (unpaired) electrons. The van der Waals surface area contributed by atoms with Crippen LogP contribution in [0.2, 0.25) is 0 Å². The van der Waals surface area contributed by atoms with Crippen molar-refractivity contribution in [2.24, 2.45) is 12.0 Å². The Morgan fingerprint density at radius 3 is 2.32 bits per heavy atom. The highest BCUT2D eigenvalue weighted by Crippen LogP contribution is 2.20. The number of methoxy groups -OCH3 is 1. The third-order valence-corrected chi connectivity index (χ3v) is 3.38. The predicted octanol–water partition coefficient (Wildman–Crippen LogP) is 3.33. The molecule has 110 valence electrons. The SMILES string of the molecule is COc1ccc(-c2cn/c(=N/c3ccccc3)n(C)c2)cc1. The molecule has 0 fully saturated rings. The first kappa shape index (κ1) is 14.1. The third-order valence-electron chi connectivity index (χ3n) is 3.38. The van der Waals surface area contributed by atoms with E-state index in [2.05, 4.69) is 9.98 Å². The third kappa shape index (κ3) is 3.06. The first-order chi connectivity index (χ1) is 10.8. The fourth-order valence-electron chi connectivity index (χ4n) is 2.18. The molecule has 0 atom stereocenters. The Balaban J connectivity index is 1.96. The highest BCUT2D eigenvalue weighted by atomic mass is 16.5. The minimum absolute atomic E-state index is 0.670. The molecule has 0 N–H and O–H groups in total. The van der Waals surface area contributed by atoms with Crippen LogP contribution in [0.4, 0.5) is 5.69 Å². The number of para-hydroxylation sites is 1. The smallest absolute Gasteiger partial charge is 0.229 e. The highest BCUT2D eigenvalue weighted by molar-refractivity contribution is 5.62. The average molecular weight is 291 g/mol. The molecule has 2 aromatic carbocycles. The number of nitrogens with zero attached hydrogens (tertiary/aromatic N) is 3. The number of ether oxygens (including phenoxy) is 1. The molecular weight excluding hydrogens is 274 g/mol. The van der Waals surface area contributed by atoms with Crippen molar-refractivity contribution in [3.63, 3.8) is 0 Å². The van der Waals surface area contributed by atoms with Gasteiger partial charge in [-0.1, -0.05) is 30.3 Å². The van der Waals surface area contributed by atoms with Crippen LogP contribution in [0.5, 0.6) is 5.75 Å². The number of hydrogen-bond donors (Lipinski definition) is 0. The van der Waals surface area contributed by atoms with Gasteiger partial charge in [0.2, 0.25) is 5.62 Å². The molecule has 0 unspecified atom stereocenters. The van der Waals surface area contributed by atoms with Crippen molar-refractivity contribution >= 4 is 5.69 Å². The number of hydrogen-bond acceptors (Lipinski definition) is 3. The minimum atomic E-state index is 0.670. The molecule has 1 heterocycles. The summed E-state index contributed by atoms with van der Waals surface area (Å²) in [4.78, 5) is 8.99. The number of rotatable bonds is 3. The van der Waals surface area contributed by atoms with Gasteiger partial charge in [-0.15, -0.1) is 0 Å². The molecule has 4 heteroatoms. The van der Waals surface area contributed by atoms with Gasteiger partial charge in [0, 0.05) is 25.0 Å². The van der Waals surface area contributed by atoms with Crippen LogP contribution < -0.4 is 10.4 Å². The van der Waals surface area contributed by atoms with Gasteiger partial charge in [0.05, 0.1) is 12.8 Å². The summed E-state index contributed by atoms with van der Waals surface area (Å²) in [6.45, 7) is 0. The zero-order valence-electron chi connectivity index (χ0n) is 12.6. The molecule has 0 aliphatic heterocycles. The van der Waals surface area contributed by atoms with E-state index in [1.165, 1.54) is 0 Å². The van der Waals surface area contributed by atoms with E-state index >= 15 is 0 Å². The fraction of sp³-hybridized carbons (Fsp3) is 0.111. The lowest BCUT2D eigenvalue weighted by molar-refractivity contribution is 0.415. The molecule has 3 aromatic rings. The molecule has 0 aliphatic carbocycles. The first-order valence-corrected chi connectivity index (χ1v) is 7.03. The first-order valence-electron chi connectivity index (χ1n) is 7.03. The second kappa shape index (κ2) is 6.26. The van der Waals surface area contributed by atoms with Crippen molar-refractivity contribution in [2.45, 2.75) is 0 Å². The second-order valence-corrected chi connectivity index (χ2v) is 4.93. The van der Waals surface area contributed by atoms with Crippen LogP contribution in [0, 0.1) is 0 Å². The zero-order chi connectivity index (χ0) is 15.4. The summed E-state index contributed by atoms with van der Waals surface area (Å²) < 4.78 is 7.10. The van der Waals surface area contributed by atoms with E-state index in [9.17, 15) is 0 Å². The molecule has 0 amide bonds. The van der Waals surface area contributed by atoms with Crippen molar-refractivity contribution < 1.29 is 4.74 Å². The summed E-state index contributed by atoms with van der Waals surface area (Å²) in [6.07, 6.45) is 3.86. The van der Waals surface area contributed by atoms with Gasteiger partial charge in [-0.05, 0) is 29.8 Å². The van der Waals surface area contributed by atoms with E-state index in [0.717, 1.165) is 22.6 Å². The quantitative estimate of drug-likeness (QED) is 0.742. The van der Waals surface area contributed by atoms with Crippen LogP contribution in [0.15, 0.2) is 72.0 Å². The highest BCUT2D eigenvalue weighted by Gasteiger charge is 2.00. The summed E-state index contributed by atoms with van der Waals surface area (Å²) in [6, 6.07) is 17.7. The van der Waals surface area contributed by atoms with Crippen LogP contribution in [-0.4, -0.2) is 16.7 Å². The summed E-state index contributed by atoms with van der Waals surface area (Å²) >= 11 is 0. The van der Waals surface area contributed by atoms with Gasteiger partial charge in [-0.2, -0.15) is 0 Å². The molecule has 0 aliphatic rings. The molecule has 0 spiro atoms. The Morgan fingerprint density at radius 2 is 1.68 bits per heavy atom. The van der Waals surface area contributed by atoms with E-state index in [-0.39, 0.29) is 0 Å². The van der Waals surface area contributed by atoms with Crippen LogP contribution in [-0.2, 0) is 7.05 Å². The molecular formula is C18H17N3O. The van der Waals surface area contributed by atoms with Gasteiger partial charge < -0.3 is 9.30 Å². The number of benzene rings is 2. The molecule has 22 heavy (non-hydrogen) atoms. The Hall–Kier alpha value is -2.88. The topological polar surface area (TPSA) is 39.4 Å². The monoisotopic (exact) mass is 291 g/mol. The van der Waals surface area contributed by atoms with Crippen molar-refractivity contribution in [1.29, 1.82) is 0 Å². The van der Waals surface area contributed by atoms with E-state index in [4.69, 9.17) is 4.74 Å². The van der Waals surface area contributed by atoms with E-state index in [1.54, 1.807) is 7.11 Å². The van der Waals surface area contributed by atoms with Crippen molar-refractivity contribution in [3.05, 3.63) is 72.6 Å². The summed E-state index contributed by atoms with van der Waals surface area (Å²) in [7, 11) is 3.61. The molecule has 1 aromatic heterocycles. The minimum Gasteiger partial charge on any atom is -0.497 e.